The number of likely N-dealkylation sites (N-methyl/N-ethyl adjacent to an activating group) is 2. The fourth-order valence-corrected chi connectivity index (χ4v) is 2.25. The summed E-state index contributed by atoms with van der Waals surface area (Å²) in [5.41, 5.74) is 2.28. The van der Waals surface area contributed by atoms with E-state index in [0.717, 1.165) is 17.9 Å². The van der Waals surface area contributed by atoms with Gasteiger partial charge in [0.05, 0.1) is 0 Å². The number of nitrogens with one attached hydrogen (secondary N) is 1. The van der Waals surface area contributed by atoms with Gasteiger partial charge in [-0.25, -0.2) is 0 Å². The summed E-state index contributed by atoms with van der Waals surface area (Å²) in [6.45, 7) is 5.73. The molecule has 1 heterocycles. The maximum absolute atomic E-state index is 12.2. The summed E-state index contributed by atoms with van der Waals surface area (Å²) in [5.74, 6) is 1.67. The van der Waals surface area contributed by atoms with Gasteiger partial charge in [0.25, 0.3) is 5.91 Å². The van der Waals surface area contributed by atoms with E-state index in [4.69, 9.17) is 9.15 Å². The second kappa shape index (κ2) is 7.83. The van der Waals surface area contributed by atoms with Crippen molar-refractivity contribution in [2.75, 3.05) is 27.2 Å². The van der Waals surface area contributed by atoms with Gasteiger partial charge >= 0.3 is 0 Å². The normalized spacial score (nSPS) is 10.6. The molecule has 0 radical (unpaired) electrons. The molecule has 124 valence electrons. The van der Waals surface area contributed by atoms with Crippen molar-refractivity contribution < 1.29 is 13.9 Å². The van der Waals surface area contributed by atoms with Crippen LogP contribution < -0.4 is 10.1 Å². The number of ether oxygens (including phenoxy) is 1. The van der Waals surface area contributed by atoms with E-state index >= 15 is 0 Å². The number of nitrogens with zero attached hydrogens (tertiary/aromatic N) is 1. The minimum absolute atomic E-state index is 0.127. The molecule has 1 N–H and O–H groups in total. The average molecular weight is 316 g/mol. The van der Waals surface area contributed by atoms with Crippen molar-refractivity contribution in [3.63, 3.8) is 0 Å². The number of furan rings is 1. The Morgan fingerprint density at radius 1 is 1.26 bits per heavy atom. The van der Waals surface area contributed by atoms with E-state index in [2.05, 4.69) is 11.4 Å². The van der Waals surface area contributed by atoms with E-state index in [0.29, 0.717) is 24.7 Å². The minimum Gasteiger partial charge on any atom is -0.485 e. The van der Waals surface area contributed by atoms with Crippen LogP contribution >= 0.6 is 0 Å². The molecule has 0 unspecified atom stereocenters. The standard InChI is InChI=1S/C18H24N2O3/c1-13-5-7-16(14(2)11-13)22-12-15-6-8-17(23-15)18(21)20(4)10-9-19-3/h5-8,11,19H,9-10,12H2,1-4H3. The van der Waals surface area contributed by atoms with Crippen LogP contribution in [0.3, 0.4) is 0 Å². The summed E-state index contributed by atoms with van der Waals surface area (Å²) in [6.07, 6.45) is 0. The van der Waals surface area contributed by atoms with Crippen molar-refractivity contribution in [2.24, 2.45) is 0 Å². The van der Waals surface area contributed by atoms with Gasteiger partial charge in [-0.05, 0) is 44.7 Å². The number of hydrogen-bond acceptors (Lipinski definition) is 4. The van der Waals surface area contributed by atoms with E-state index in [9.17, 15) is 4.79 Å². The Kier molecular flexibility index (Phi) is 5.82. The third kappa shape index (κ3) is 4.60. The van der Waals surface area contributed by atoms with Gasteiger partial charge in [-0.15, -0.1) is 0 Å². The van der Waals surface area contributed by atoms with Crippen molar-refractivity contribution >= 4 is 5.91 Å². The van der Waals surface area contributed by atoms with Gasteiger partial charge in [0.15, 0.2) is 5.76 Å². The molecule has 0 spiro atoms. The van der Waals surface area contributed by atoms with E-state index in [1.165, 1.54) is 5.56 Å². The molecule has 1 aromatic heterocycles. The fraction of sp³-hybridized carbons (Fsp3) is 0.389. The summed E-state index contributed by atoms with van der Waals surface area (Å²) in [7, 11) is 3.61. The van der Waals surface area contributed by atoms with Gasteiger partial charge < -0.3 is 19.4 Å². The number of benzene rings is 1. The van der Waals surface area contributed by atoms with Crippen molar-refractivity contribution in [3.05, 3.63) is 53.0 Å². The van der Waals surface area contributed by atoms with Crippen molar-refractivity contribution in [2.45, 2.75) is 20.5 Å². The van der Waals surface area contributed by atoms with Crippen LogP contribution in [0.15, 0.2) is 34.7 Å². The van der Waals surface area contributed by atoms with Gasteiger partial charge in [-0.3, -0.25) is 4.79 Å². The highest BCUT2D eigenvalue weighted by Gasteiger charge is 2.15. The van der Waals surface area contributed by atoms with Crippen molar-refractivity contribution in [1.82, 2.24) is 10.2 Å². The second-order valence-electron chi connectivity index (χ2n) is 5.65. The lowest BCUT2D eigenvalue weighted by Gasteiger charge is -2.15. The summed E-state index contributed by atoms with van der Waals surface area (Å²) < 4.78 is 11.4. The minimum atomic E-state index is -0.127. The molecular formula is C18H24N2O3. The Labute approximate surface area is 137 Å². The number of rotatable bonds is 7. The zero-order valence-electron chi connectivity index (χ0n) is 14.2. The predicted octanol–water partition coefficient (Wildman–Crippen LogP) is 2.77. The van der Waals surface area contributed by atoms with Gasteiger partial charge in [-0.1, -0.05) is 17.7 Å². The topological polar surface area (TPSA) is 54.7 Å². The van der Waals surface area contributed by atoms with Gasteiger partial charge in [0.1, 0.15) is 18.1 Å². The van der Waals surface area contributed by atoms with Crippen LogP contribution in [0.25, 0.3) is 0 Å². The van der Waals surface area contributed by atoms with Crippen LogP contribution in [0.2, 0.25) is 0 Å². The molecule has 0 aliphatic rings. The summed E-state index contributed by atoms with van der Waals surface area (Å²) in [6, 6.07) is 9.51. The lowest BCUT2D eigenvalue weighted by atomic mass is 10.1. The monoisotopic (exact) mass is 316 g/mol. The molecule has 0 bridgehead atoms. The number of carbonyl (C=O) groups is 1. The zero-order chi connectivity index (χ0) is 16.8. The highest BCUT2D eigenvalue weighted by molar-refractivity contribution is 5.91. The third-order valence-corrected chi connectivity index (χ3v) is 3.62. The molecule has 0 fully saturated rings. The molecule has 0 aliphatic carbocycles. The Balaban J connectivity index is 1.95. The maximum Gasteiger partial charge on any atom is 0.289 e. The highest BCUT2D eigenvalue weighted by atomic mass is 16.5. The first kappa shape index (κ1) is 17.1. The van der Waals surface area contributed by atoms with E-state index in [-0.39, 0.29) is 5.91 Å². The van der Waals surface area contributed by atoms with Crippen molar-refractivity contribution in [3.8, 4) is 5.75 Å². The van der Waals surface area contributed by atoms with Gasteiger partial charge in [-0.2, -0.15) is 0 Å². The Bertz CT molecular complexity index is 664. The predicted molar refractivity (Wildman–Crippen MR) is 89.8 cm³/mol. The van der Waals surface area contributed by atoms with Crippen LogP contribution in [0.1, 0.15) is 27.4 Å². The van der Waals surface area contributed by atoms with Crippen LogP contribution in [0, 0.1) is 13.8 Å². The molecule has 2 rings (SSSR count). The van der Waals surface area contributed by atoms with Crippen LogP contribution in [-0.2, 0) is 6.61 Å². The largest absolute Gasteiger partial charge is 0.485 e. The molecule has 0 saturated carbocycles. The zero-order valence-corrected chi connectivity index (χ0v) is 14.2. The first-order valence-corrected chi connectivity index (χ1v) is 7.70. The Morgan fingerprint density at radius 3 is 2.74 bits per heavy atom. The molecule has 0 aliphatic heterocycles. The molecular weight excluding hydrogens is 292 g/mol. The maximum atomic E-state index is 12.2. The van der Waals surface area contributed by atoms with Crippen LogP contribution in [0.5, 0.6) is 5.75 Å². The fourth-order valence-electron chi connectivity index (χ4n) is 2.25. The van der Waals surface area contributed by atoms with Crippen LogP contribution in [-0.4, -0.2) is 38.0 Å². The average Bonchev–Trinajstić information content (AvgIpc) is 3.00. The summed E-state index contributed by atoms with van der Waals surface area (Å²) in [4.78, 5) is 13.8. The van der Waals surface area contributed by atoms with E-state index < -0.39 is 0 Å². The number of hydrogen-bond donors (Lipinski definition) is 1. The van der Waals surface area contributed by atoms with Crippen LogP contribution in [0.4, 0.5) is 0 Å². The lowest BCUT2D eigenvalue weighted by molar-refractivity contribution is 0.0761. The molecule has 5 nitrogen and oxygen atoms in total. The molecule has 0 atom stereocenters. The molecule has 1 aromatic carbocycles. The van der Waals surface area contributed by atoms with Gasteiger partial charge in [0, 0.05) is 20.1 Å². The Morgan fingerprint density at radius 2 is 2.04 bits per heavy atom. The summed E-state index contributed by atoms with van der Waals surface area (Å²) in [5, 5.41) is 3.01. The first-order valence-electron chi connectivity index (χ1n) is 7.70. The number of amides is 1. The quantitative estimate of drug-likeness (QED) is 0.853. The second-order valence-corrected chi connectivity index (χ2v) is 5.65. The first-order chi connectivity index (χ1) is 11.0. The SMILES string of the molecule is CNCCN(C)C(=O)c1ccc(COc2ccc(C)cc2C)o1. The van der Waals surface area contributed by atoms with E-state index in [1.807, 2.05) is 33.0 Å². The summed E-state index contributed by atoms with van der Waals surface area (Å²) >= 11 is 0. The van der Waals surface area contributed by atoms with Crippen molar-refractivity contribution in [1.29, 1.82) is 0 Å². The molecule has 5 heteroatoms. The molecule has 0 saturated heterocycles. The Hall–Kier alpha value is -2.27. The molecule has 23 heavy (non-hydrogen) atoms. The molecule has 1 amide bonds. The smallest absolute Gasteiger partial charge is 0.289 e. The number of carbonyl (C=O) groups excluding carboxylic acids is 1. The van der Waals surface area contributed by atoms with E-state index in [1.54, 1.807) is 24.1 Å². The lowest BCUT2D eigenvalue weighted by Crippen LogP contribution is -2.32. The molecule has 2 aromatic rings. The number of aryl methyl sites for hydroxylation is 2. The third-order valence-electron chi connectivity index (χ3n) is 3.62. The van der Waals surface area contributed by atoms with Gasteiger partial charge in [0.2, 0.25) is 0 Å². The highest BCUT2D eigenvalue weighted by Crippen LogP contribution is 2.20.